The Morgan fingerprint density at radius 2 is 1.68 bits per heavy atom. The van der Waals surface area contributed by atoms with E-state index in [0.717, 1.165) is 48.3 Å². The zero-order chi connectivity index (χ0) is 19.5. The minimum atomic E-state index is -0.367. The van der Waals surface area contributed by atoms with Crippen LogP contribution in [0, 0.1) is 13.8 Å². The maximum Gasteiger partial charge on any atom is 0.240 e. The molecule has 1 atom stereocenters. The van der Waals surface area contributed by atoms with Crippen molar-refractivity contribution in [2.75, 3.05) is 13.1 Å². The fourth-order valence-corrected chi connectivity index (χ4v) is 4.70. The number of hydrogen-bond acceptors (Lipinski definition) is 5. The van der Waals surface area contributed by atoms with Crippen LogP contribution < -0.4 is 0 Å². The number of rotatable bonds is 5. The molecule has 4 rings (SSSR count). The van der Waals surface area contributed by atoms with Gasteiger partial charge in [-0.1, -0.05) is 60.3 Å². The number of hydrogen-bond donors (Lipinski definition) is 0. The lowest BCUT2D eigenvalue weighted by Crippen LogP contribution is -2.31. The number of nitrogens with zero attached hydrogens (tertiary/aromatic N) is 5. The predicted molar refractivity (Wildman–Crippen MR) is 109 cm³/mol. The summed E-state index contributed by atoms with van der Waals surface area (Å²) in [6.07, 6.45) is 2.14. The summed E-state index contributed by atoms with van der Waals surface area (Å²) in [4.78, 5) is 15.2. The van der Waals surface area contributed by atoms with Crippen LogP contribution in [-0.2, 0) is 4.79 Å². The van der Waals surface area contributed by atoms with Crippen LogP contribution in [0.3, 0.4) is 0 Å². The Morgan fingerprint density at radius 3 is 2.36 bits per heavy atom. The second kappa shape index (κ2) is 8.14. The van der Waals surface area contributed by atoms with E-state index in [0.29, 0.717) is 5.16 Å². The zero-order valence-corrected chi connectivity index (χ0v) is 16.9. The summed E-state index contributed by atoms with van der Waals surface area (Å²) >= 11 is 1.42. The molecule has 28 heavy (non-hydrogen) atoms. The van der Waals surface area contributed by atoms with Crippen LogP contribution >= 0.6 is 11.8 Å². The summed E-state index contributed by atoms with van der Waals surface area (Å²) in [6.45, 7) is 5.74. The highest BCUT2D eigenvalue weighted by Gasteiger charge is 2.30. The summed E-state index contributed by atoms with van der Waals surface area (Å²) in [6, 6.07) is 16.0. The van der Waals surface area contributed by atoms with E-state index in [1.54, 1.807) is 4.68 Å². The van der Waals surface area contributed by atoms with Gasteiger partial charge in [-0.3, -0.25) is 4.79 Å². The van der Waals surface area contributed by atoms with E-state index >= 15 is 0 Å². The van der Waals surface area contributed by atoms with Gasteiger partial charge < -0.3 is 4.90 Å². The molecular formula is C21H23N5OS. The molecule has 0 N–H and O–H groups in total. The Morgan fingerprint density at radius 1 is 1.00 bits per heavy atom. The molecule has 1 fully saturated rings. The average molecular weight is 394 g/mol. The molecule has 1 aliphatic heterocycles. The van der Waals surface area contributed by atoms with Crippen LogP contribution in [0.1, 0.15) is 34.8 Å². The van der Waals surface area contributed by atoms with Crippen LogP contribution in [-0.4, -0.2) is 44.1 Å². The molecule has 1 unspecified atom stereocenters. The molecule has 0 saturated carbocycles. The third kappa shape index (κ3) is 3.67. The van der Waals surface area contributed by atoms with Gasteiger partial charge in [-0.25, -0.2) is 0 Å². The second-order valence-electron chi connectivity index (χ2n) is 7.05. The SMILES string of the molecule is Cc1cccc(C)c1-n1nnnc1SC(C(=O)N1CCCC1)c1ccccc1. The third-order valence-corrected chi connectivity index (χ3v) is 6.23. The van der Waals surface area contributed by atoms with Crippen LogP contribution in [0.15, 0.2) is 53.7 Å². The number of para-hydroxylation sites is 1. The van der Waals surface area contributed by atoms with Gasteiger partial charge in [0.2, 0.25) is 11.1 Å². The van der Waals surface area contributed by atoms with Crippen LogP contribution in [0.4, 0.5) is 0 Å². The van der Waals surface area contributed by atoms with E-state index in [-0.39, 0.29) is 11.2 Å². The number of aromatic nitrogens is 4. The molecule has 1 saturated heterocycles. The second-order valence-corrected chi connectivity index (χ2v) is 8.13. The van der Waals surface area contributed by atoms with Gasteiger partial charge in [0.1, 0.15) is 5.25 Å². The van der Waals surface area contributed by atoms with Crippen molar-refractivity contribution < 1.29 is 4.79 Å². The number of amides is 1. The quantitative estimate of drug-likeness (QED) is 0.618. The molecule has 2 aromatic carbocycles. The molecule has 0 bridgehead atoms. The van der Waals surface area contributed by atoms with Gasteiger partial charge in [-0.2, -0.15) is 4.68 Å². The molecule has 3 aromatic rings. The molecule has 1 aliphatic rings. The Labute approximate surface area is 168 Å². The molecule has 6 nitrogen and oxygen atoms in total. The maximum atomic E-state index is 13.3. The molecular weight excluding hydrogens is 370 g/mol. The monoisotopic (exact) mass is 393 g/mol. The predicted octanol–water partition coefficient (Wildman–Crippen LogP) is 3.73. The molecule has 2 heterocycles. The minimum Gasteiger partial charge on any atom is -0.341 e. The lowest BCUT2D eigenvalue weighted by Gasteiger charge is -2.23. The summed E-state index contributed by atoms with van der Waals surface area (Å²) in [7, 11) is 0. The summed E-state index contributed by atoms with van der Waals surface area (Å²) in [5.41, 5.74) is 4.13. The Kier molecular flexibility index (Phi) is 5.43. The Bertz CT molecular complexity index is 946. The van der Waals surface area contributed by atoms with E-state index in [4.69, 9.17) is 0 Å². The molecule has 1 amide bonds. The lowest BCUT2D eigenvalue weighted by atomic mass is 10.1. The fraction of sp³-hybridized carbons (Fsp3) is 0.333. The molecule has 0 spiro atoms. The molecule has 144 valence electrons. The van der Waals surface area contributed by atoms with Crippen molar-refractivity contribution in [3.63, 3.8) is 0 Å². The number of tetrazole rings is 1. The van der Waals surface area contributed by atoms with Gasteiger partial charge in [0.25, 0.3) is 0 Å². The van der Waals surface area contributed by atoms with Gasteiger partial charge in [0, 0.05) is 13.1 Å². The standard InChI is InChI=1S/C21H23N5OS/c1-15-9-8-10-16(2)18(15)26-21(22-23-24-26)28-19(17-11-4-3-5-12-17)20(27)25-13-6-7-14-25/h3-5,8-12,19H,6-7,13-14H2,1-2H3. The number of carbonyl (C=O) groups is 1. The van der Waals surface area contributed by atoms with Crippen molar-refractivity contribution in [2.24, 2.45) is 0 Å². The molecule has 0 radical (unpaired) electrons. The summed E-state index contributed by atoms with van der Waals surface area (Å²) in [5, 5.41) is 12.6. The largest absolute Gasteiger partial charge is 0.341 e. The van der Waals surface area contributed by atoms with Gasteiger partial charge in [-0.05, 0) is 53.8 Å². The van der Waals surface area contributed by atoms with Gasteiger partial charge in [-0.15, -0.1) is 5.10 Å². The highest BCUT2D eigenvalue weighted by Crippen LogP contribution is 2.37. The van der Waals surface area contributed by atoms with Crippen LogP contribution in [0.25, 0.3) is 5.69 Å². The zero-order valence-electron chi connectivity index (χ0n) is 16.1. The minimum absolute atomic E-state index is 0.129. The highest BCUT2D eigenvalue weighted by molar-refractivity contribution is 8.00. The van der Waals surface area contributed by atoms with Crippen molar-refractivity contribution in [3.8, 4) is 5.69 Å². The first-order valence-electron chi connectivity index (χ1n) is 9.50. The lowest BCUT2D eigenvalue weighted by molar-refractivity contribution is -0.129. The van der Waals surface area contributed by atoms with E-state index in [2.05, 4.69) is 15.5 Å². The number of thioether (sulfide) groups is 1. The Hall–Kier alpha value is -2.67. The van der Waals surface area contributed by atoms with E-state index in [1.807, 2.05) is 67.3 Å². The topological polar surface area (TPSA) is 63.9 Å². The van der Waals surface area contributed by atoms with E-state index in [9.17, 15) is 4.79 Å². The first-order chi connectivity index (χ1) is 13.6. The van der Waals surface area contributed by atoms with Gasteiger partial charge in [0.15, 0.2) is 0 Å². The maximum absolute atomic E-state index is 13.3. The first kappa shape index (κ1) is 18.7. The van der Waals surface area contributed by atoms with Gasteiger partial charge in [0.05, 0.1) is 5.69 Å². The van der Waals surface area contributed by atoms with Gasteiger partial charge >= 0.3 is 0 Å². The van der Waals surface area contributed by atoms with Crippen LogP contribution in [0.2, 0.25) is 0 Å². The summed E-state index contributed by atoms with van der Waals surface area (Å²) in [5.74, 6) is 0.129. The van der Waals surface area contributed by atoms with Crippen molar-refractivity contribution in [3.05, 3.63) is 65.2 Å². The first-order valence-corrected chi connectivity index (χ1v) is 10.4. The average Bonchev–Trinajstić information content (AvgIpc) is 3.39. The molecule has 1 aromatic heterocycles. The van der Waals surface area contributed by atoms with Crippen molar-refractivity contribution >= 4 is 17.7 Å². The third-order valence-electron chi connectivity index (χ3n) is 5.06. The fourth-order valence-electron chi connectivity index (χ4n) is 3.63. The highest BCUT2D eigenvalue weighted by atomic mass is 32.2. The molecule has 0 aliphatic carbocycles. The number of likely N-dealkylation sites (tertiary alicyclic amines) is 1. The normalized spacial score (nSPS) is 15.0. The summed E-state index contributed by atoms with van der Waals surface area (Å²) < 4.78 is 1.75. The van der Waals surface area contributed by atoms with Crippen molar-refractivity contribution in [1.82, 2.24) is 25.1 Å². The van der Waals surface area contributed by atoms with E-state index in [1.165, 1.54) is 11.8 Å². The van der Waals surface area contributed by atoms with Crippen LogP contribution in [0.5, 0.6) is 0 Å². The van der Waals surface area contributed by atoms with Crippen molar-refractivity contribution in [1.29, 1.82) is 0 Å². The van der Waals surface area contributed by atoms with Crippen molar-refractivity contribution in [2.45, 2.75) is 37.1 Å². The smallest absolute Gasteiger partial charge is 0.240 e. The number of benzene rings is 2. The Balaban J connectivity index is 1.71. The number of aryl methyl sites for hydroxylation is 2. The molecule has 7 heteroatoms. The number of carbonyl (C=O) groups excluding carboxylic acids is 1. The van der Waals surface area contributed by atoms with E-state index < -0.39 is 0 Å².